The maximum atomic E-state index is 9.60. The van der Waals surface area contributed by atoms with Gasteiger partial charge in [-0.05, 0) is 33.1 Å². The normalized spacial score (nSPS) is 14.6. The van der Waals surface area contributed by atoms with Crippen molar-refractivity contribution in [1.82, 2.24) is 10.6 Å². The molecule has 0 aliphatic carbocycles. The molecular formula is C12H28N2O. The average Bonchev–Trinajstić information content (AvgIpc) is 1.99. The maximum Gasteiger partial charge on any atom is 0.0667 e. The Labute approximate surface area is 94.6 Å². The Hall–Kier alpha value is -0.120. The summed E-state index contributed by atoms with van der Waals surface area (Å²) < 4.78 is 0. The van der Waals surface area contributed by atoms with E-state index in [1.807, 2.05) is 0 Å². The zero-order valence-electron chi connectivity index (χ0n) is 10.9. The van der Waals surface area contributed by atoms with Gasteiger partial charge in [-0.3, -0.25) is 0 Å². The van der Waals surface area contributed by atoms with Crippen molar-refractivity contribution in [3.63, 3.8) is 0 Å². The molecule has 0 saturated heterocycles. The minimum atomic E-state index is -0.209. The standard InChI is InChI=1S/C12H28N2O/c1-10(2)8-11(15)9-13-6-7-14-12(3,4)5/h10-11,13-15H,6-9H2,1-5H3. The molecular weight excluding hydrogens is 188 g/mol. The number of hydrogen-bond acceptors (Lipinski definition) is 3. The van der Waals surface area contributed by atoms with E-state index in [1.165, 1.54) is 0 Å². The fraction of sp³-hybridized carbons (Fsp3) is 1.00. The quantitative estimate of drug-likeness (QED) is 0.563. The van der Waals surface area contributed by atoms with Gasteiger partial charge in [0.05, 0.1) is 6.10 Å². The van der Waals surface area contributed by atoms with Crippen LogP contribution in [0.3, 0.4) is 0 Å². The van der Waals surface area contributed by atoms with Crippen molar-refractivity contribution >= 4 is 0 Å². The van der Waals surface area contributed by atoms with Crippen molar-refractivity contribution in [1.29, 1.82) is 0 Å². The van der Waals surface area contributed by atoms with E-state index in [0.717, 1.165) is 19.5 Å². The lowest BCUT2D eigenvalue weighted by Crippen LogP contribution is -2.41. The Kier molecular flexibility index (Phi) is 7.14. The van der Waals surface area contributed by atoms with Gasteiger partial charge in [0.15, 0.2) is 0 Å². The molecule has 0 aromatic heterocycles. The minimum Gasteiger partial charge on any atom is -0.392 e. The van der Waals surface area contributed by atoms with Gasteiger partial charge >= 0.3 is 0 Å². The lowest BCUT2D eigenvalue weighted by atomic mass is 10.1. The molecule has 0 aliphatic heterocycles. The molecule has 0 saturated carbocycles. The van der Waals surface area contributed by atoms with Crippen LogP contribution >= 0.6 is 0 Å². The van der Waals surface area contributed by atoms with Crippen LogP contribution in [0.25, 0.3) is 0 Å². The summed E-state index contributed by atoms with van der Waals surface area (Å²) in [4.78, 5) is 0. The van der Waals surface area contributed by atoms with Crippen LogP contribution in [0.5, 0.6) is 0 Å². The fourth-order valence-corrected chi connectivity index (χ4v) is 1.42. The van der Waals surface area contributed by atoms with Crippen molar-refractivity contribution in [2.75, 3.05) is 19.6 Å². The topological polar surface area (TPSA) is 44.3 Å². The van der Waals surface area contributed by atoms with E-state index < -0.39 is 0 Å². The maximum absolute atomic E-state index is 9.60. The van der Waals surface area contributed by atoms with E-state index in [4.69, 9.17) is 0 Å². The van der Waals surface area contributed by atoms with Crippen LogP contribution in [0.15, 0.2) is 0 Å². The number of aliphatic hydroxyl groups is 1. The molecule has 3 heteroatoms. The van der Waals surface area contributed by atoms with Crippen LogP contribution in [0.2, 0.25) is 0 Å². The number of rotatable bonds is 7. The Balaban J connectivity index is 3.31. The first kappa shape index (κ1) is 14.9. The van der Waals surface area contributed by atoms with Crippen LogP contribution in [0, 0.1) is 5.92 Å². The van der Waals surface area contributed by atoms with E-state index in [2.05, 4.69) is 45.3 Å². The molecule has 0 bridgehead atoms. The van der Waals surface area contributed by atoms with Gasteiger partial charge in [-0.1, -0.05) is 13.8 Å². The fourth-order valence-electron chi connectivity index (χ4n) is 1.42. The van der Waals surface area contributed by atoms with Crippen LogP contribution in [0.4, 0.5) is 0 Å². The van der Waals surface area contributed by atoms with E-state index >= 15 is 0 Å². The molecule has 0 fully saturated rings. The van der Waals surface area contributed by atoms with Crippen molar-refractivity contribution < 1.29 is 5.11 Å². The Morgan fingerprint density at radius 2 is 1.73 bits per heavy atom. The molecule has 0 spiro atoms. The van der Waals surface area contributed by atoms with Gasteiger partial charge in [0, 0.05) is 25.2 Å². The summed E-state index contributed by atoms with van der Waals surface area (Å²) in [5.41, 5.74) is 0.179. The summed E-state index contributed by atoms with van der Waals surface area (Å²) >= 11 is 0. The molecule has 0 rings (SSSR count). The molecule has 92 valence electrons. The van der Waals surface area contributed by atoms with Gasteiger partial charge in [-0.15, -0.1) is 0 Å². The third-order valence-electron chi connectivity index (χ3n) is 2.08. The first-order chi connectivity index (χ1) is 6.81. The predicted octanol–water partition coefficient (Wildman–Crippen LogP) is 1.37. The molecule has 15 heavy (non-hydrogen) atoms. The molecule has 0 aromatic rings. The van der Waals surface area contributed by atoms with Crippen LogP contribution in [-0.2, 0) is 0 Å². The predicted molar refractivity (Wildman–Crippen MR) is 66.1 cm³/mol. The Bertz CT molecular complexity index is 152. The second-order valence-electron chi connectivity index (χ2n) is 5.66. The monoisotopic (exact) mass is 216 g/mol. The summed E-state index contributed by atoms with van der Waals surface area (Å²) in [6.45, 7) is 13.3. The lowest BCUT2D eigenvalue weighted by Gasteiger charge is -2.21. The van der Waals surface area contributed by atoms with Gasteiger partial charge in [0.1, 0.15) is 0 Å². The van der Waals surface area contributed by atoms with E-state index in [-0.39, 0.29) is 11.6 Å². The number of aliphatic hydroxyl groups excluding tert-OH is 1. The van der Waals surface area contributed by atoms with Crippen LogP contribution < -0.4 is 10.6 Å². The third-order valence-corrected chi connectivity index (χ3v) is 2.08. The first-order valence-corrected chi connectivity index (χ1v) is 5.95. The number of hydrogen-bond donors (Lipinski definition) is 3. The third kappa shape index (κ3) is 11.8. The van der Waals surface area contributed by atoms with E-state index in [1.54, 1.807) is 0 Å². The molecule has 1 unspecified atom stereocenters. The lowest BCUT2D eigenvalue weighted by molar-refractivity contribution is 0.146. The highest BCUT2D eigenvalue weighted by Gasteiger charge is 2.08. The molecule has 0 amide bonds. The van der Waals surface area contributed by atoms with Gasteiger partial charge in [-0.25, -0.2) is 0 Å². The minimum absolute atomic E-state index is 0.179. The summed E-state index contributed by atoms with van der Waals surface area (Å²) in [5.74, 6) is 0.564. The summed E-state index contributed by atoms with van der Waals surface area (Å²) in [5, 5.41) is 16.2. The Morgan fingerprint density at radius 1 is 1.13 bits per heavy atom. The number of nitrogens with one attached hydrogen (secondary N) is 2. The molecule has 1 atom stereocenters. The molecule has 0 radical (unpaired) electrons. The summed E-state index contributed by atoms with van der Waals surface area (Å²) in [6, 6.07) is 0. The SMILES string of the molecule is CC(C)CC(O)CNCCNC(C)(C)C. The summed E-state index contributed by atoms with van der Waals surface area (Å²) in [6.07, 6.45) is 0.666. The zero-order chi connectivity index (χ0) is 11.9. The molecule has 3 N–H and O–H groups in total. The van der Waals surface area contributed by atoms with Crippen molar-refractivity contribution in [3.05, 3.63) is 0 Å². The van der Waals surface area contributed by atoms with Crippen LogP contribution in [-0.4, -0.2) is 36.4 Å². The second-order valence-corrected chi connectivity index (χ2v) is 5.66. The highest BCUT2D eigenvalue weighted by Crippen LogP contribution is 2.02. The van der Waals surface area contributed by atoms with Crippen molar-refractivity contribution in [2.45, 2.75) is 52.7 Å². The smallest absolute Gasteiger partial charge is 0.0667 e. The average molecular weight is 216 g/mol. The highest BCUT2D eigenvalue weighted by molar-refractivity contribution is 4.71. The first-order valence-electron chi connectivity index (χ1n) is 5.95. The van der Waals surface area contributed by atoms with Crippen molar-refractivity contribution in [2.24, 2.45) is 5.92 Å². The second kappa shape index (κ2) is 7.20. The largest absolute Gasteiger partial charge is 0.392 e. The van der Waals surface area contributed by atoms with E-state index in [9.17, 15) is 5.11 Å². The molecule has 3 nitrogen and oxygen atoms in total. The molecule has 0 aliphatic rings. The Morgan fingerprint density at radius 3 is 2.20 bits per heavy atom. The van der Waals surface area contributed by atoms with Gasteiger partial charge < -0.3 is 15.7 Å². The van der Waals surface area contributed by atoms with Gasteiger partial charge in [0.2, 0.25) is 0 Å². The van der Waals surface area contributed by atoms with E-state index in [0.29, 0.717) is 12.5 Å². The van der Waals surface area contributed by atoms with Crippen LogP contribution in [0.1, 0.15) is 41.0 Å². The van der Waals surface area contributed by atoms with Gasteiger partial charge in [-0.2, -0.15) is 0 Å². The van der Waals surface area contributed by atoms with Crippen molar-refractivity contribution in [3.8, 4) is 0 Å². The summed E-state index contributed by atoms with van der Waals surface area (Å²) in [7, 11) is 0. The van der Waals surface area contributed by atoms with Gasteiger partial charge in [0.25, 0.3) is 0 Å². The highest BCUT2D eigenvalue weighted by atomic mass is 16.3. The molecule has 0 aromatic carbocycles. The zero-order valence-corrected chi connectivity index (χ0v) is 10.9. The molecule has 0 heterocycles.